The number of nitrogen functional groups attached to an aromatic ring is 1. The van der Waals surface area contributed by atoms with Crippen molar-refractivity contribution in [3.05, 3.63) is 36.5 Å². The van der Waals surface area contributed by atoms with Crippen molar-refractivity contribution in [2.24, 2.45) is 0 Å². The minimum atomic E-state index is 0.789. The van der Waals surface area contributed by atoms with E-state index in [2.05, 4.69) is 30.6 Å². The van der Waals surface area contributed by atoms with Crippen molar-refractivity contribution < 1.29 is 0 Å². The van der Waals surface area contributed by atoms with E-state index in [-0.39, 0.29) is 0 Å². The summed E-state index contributed by atoms with van der Waals surface area (Å²) in [6.45, 7) is 10.1. The number of para-hydroxylation sites is 1. The SMILES string of the molecule is C=C(CC)c1cc2cccc(N)c2[nH]1.CC. The van der Waals surface area contributed by atoms with E-state index in [1.54, 1.807) is 0 Å². The van der Waals surface area contributed by atoms with Crippen LogP contribution in [-0.2, 0) is 0 Å². The van der Waals surface area contributed by atoms with E-state index in [1.807, 2.05) is 26.0 Å². The normalized spacial score (nSPS) is 9.69. The summed E-state index contributed by atoms with van der Waals surface area (Å²) in [7, 11) is 0. The molecule has 2 rings (SSSR count). The predicted octanol–water partition coefficient (Wildman–Crippen LogP) is 4.20. The summed E-state index contributed by atoms with van der Waals surface area (Å²) in [5.41, 5.74) is 9.85. The second-order valence-corrected chi connectivity index (χ2v) is 3.45. The molecule has 0 bridgehead atoms. The Balaban J connectivity index is 0.000000606. The summed E-state index contributed by atoms with van der Waals surface area (Å²) < 4.78 is 0. The average molecular weight is 216 g/mol. The van der Waals surface area contributed by atoms with Gasteiger partial charge in [-0.1, -0.05) is 39.5 Å². The van der Waals surface area contributed by atoms with Crippen LogP contribution in [0.2, 0.25) is 0 Å². The fourth-order valence-corrected chi connectivity index (χ4v) is 1.56. The van der Waals surface area contributed by atoms with Crippen LogP contribution in [0.25, 0.3) is 16.5 Å². The van der Waals surface area contributed by atoms with Crippen molar-refractivity contribution in [1.82, 2.24) is 4.98 Å². The van der Waals surface area contributed by atoms with Gasteiger partial charge in [-0.05, 0) is 24.1 Å². The number of nitrogens with two attached hydrogens (primary N) is 1. The quantitative estimate of drug-likeness (QED) is 0.726. The van der Waals surface area contributed by atoms with Gasteiger partial charge in [0.05, 0.1) is 11.2 Å². The molecule has 1 aromatic heterocycles. The first kappa shape index (κ1) is 12.4. The van der Waals surface area contributed by atoms with Gasteiger partial charge in [-0.15, -0.1) is 0 Å². The number of hydrogen-bond acceptors (Lipinski definition) is 1. The molecule has 0 saturated heterocycles. The van der Waals surface area contributed by atoms with Gasteiger partial charge in [0.1, 0.15) is 0 Å². The molecule has 1 heterocycles. The number of fused-ring (bicyclic) bond motifs is 1. The zero-order chi connectivity index (χ0) is 12.1. The maximum atomic E-state index is 5.85. The lowest BCUT2D eigenvalue weighted by atomic mass is 10.1. The van der Waals surface area contributed by atoms with Crippen LogP contribution in [0.15, 0.2) is 30.8 Å². The Morgan fingerprint density at radius 3 is 2.62 bits per heavy atom. The number of aromatic nitrogens is 1. The first-order valence-electron chi connectivity index (χ1n) is 5.77. The second-order valence-electron chi connectivity index (χ2n) is 3.45. The molecule has 2 nitrogen and oxygen atoms in total. The fourth-order valence-electron chi connectivity index (χ4n) is 1.56. The highest BCUT2D eigenvalue weighted by atomic mass is 14.7. The van der Waals surface area contributed by atoms with E-state index >= 15 is 0 Å². The Kier molecular flexibility index (Phi) is 4.18. The summed E-state index contributed by atoms with van der Waals surface area (Å²) in [4.78, 5) is 3.29. The minimum Gasteiger partial charge on any atom is -0.397 e. The molecule has 2 heteroatoms. The van der Waals surface area contributed by atoms with E-state index in [0.29, 0.717) is 0 Å². The van der Waals surface area contributed by atoms with Crippen molar-refractivity contribution >= 4 is 22.2 Å². The molecular weight excluding hydrogens is 196 g/mol. The van der Waals surface area contributed by atoms with Gasteiger partial charge in [0.2, 0.25) is 0 Å². The number of benzene rings is 1. The minimum absolute atomic E-state index is 0.789. The second kappa shape index (κ2) is 5.40. The molecule has 16 heavy (non-hydrogen) atoms. The van der Waals surface area contributed by atoms with E-state index in [4.69, 9.17) is 5.73 Å². The number of rotatable bonds is 2. The molecule has 2 aromatic rings. The van der Waals surface area contributed by atoms with Gasteiger partial charge in [0.25, 0.3) is 0 Å². The molecule has 0 radical (unpaired) electrons. The van der Waals surface area contributed by atoms with Gasteiger partial charge in [0, 0.05) is 11.1 Å². The van der Waals surface area contributed by atoms with Gasteiger partial charge in [-0.25, -0.2) is 0 Å². The number of hydrogen-bond donors (Lipinski definition) is 2. The van der Waals surface area contributed by atoms with Gasteiger partial charge in [0.15, 0.2) is 0 Å². The molecule has 3 N–H and O–H groups in total. The largest absolute Gasteiger partial charge is 0.397 e. The van der Waals surface area contributed by atoms with Crippen LogP contribution in [-0.4, -0.2) is 4.98 Å². The average Bonchev–Trinajstić information content (AvgIpc) is 2.76. The Hall–Kier alpha value is -1.70. The zero-order valence-electron chi connectivity index (χ0n) is 10.3. The highest BCUT2D eigenvalue weighted by Gasteiger charge is 2.04. The summed E-state index contributed by atoms with van der Waals surface area (Å²) in [5.74, 6) is 0. The first-order valence-corrected chi connectivity index (χ1v) is 5.77. The fraction of sp³-hybridized carbons (Fsp3) is 0.286. The molecule has 0 fully saturated rings. The van der Waals surface area contributed by atoms with Crippen LogP contribution < -0.4 is 5.73 Å². The third-order valence-corrected chi connectivity index (χ3v) is 2.50. The number of aromatic amines is 1. The van der Waals surface area contributed by atoms with E-state index in [1.165, 1.54) is 0 Å². The topological polar surface area (TPSA) is 41.8 Å². The van der Waals surface area contributed by atoms with Crippen molar-refractivity contribution in [1.29, 1.82) is 0 Å². The Morgan fingerprint density at radius 2 is 2.06 bits per heavy atom. The Morgan fingerprint density at radius 1 is 1.38 bits per heavy atom. The van der Waals surface area contributed by atoms with Crippen LogP contribution >= 0.6 is 0 Å². The molecular formula is C14H20N2. The van der Waals surface area contributed by atoms with Crippen molar-refractivity contribution in [2.45, 2.75) is 27.2 Å². The molecule has 0 amide bonds. The summed E-state index contributed by atoms with van der Waals surface area (Å²) >= 11 is 0. The molecule has 86 valence electrons. The maximum absolute atomic E-state index is 5.85. The maximum Gasteiger partial charge on any atom is 0.0692 e. The standard InChI is InChI=1S/C12H14N2.C2H6/c1-3-8(2)11-7-9-5-4-6-10(13)12(9)14-11;1-2/h4-7,14H,2-3,13H2,1H3;1-2H3. The van der Waals surface area contributed by atoms with Gasteiger partial charge >= 0.3 is 0 Å². The summed E-state index contributed by atoms with van der Waals surface area (Å²) in [5, 5.41) is 1.15. The van der Waals surface area contributed by atoms with Crippen LogP contribution in [0.3, 0.4) is 0 Å². The smallest absolute Gasteiger partial charge is 0.0692 e. The molecule has 0 aliphatic heterocycles. The Labute approximate surface area is 97.2 Å². The van der Waals surface area contributed by atoms with Crippen molar-refractivity contribution in [3.8, 4) is 0 Å². The molecule has 0 aliphatic carbocycles. The molecule has 0 spiro atoms. The van der Waals surface area contributed by atoms with Crippen LogP contribution in [0.1, 0.15) is 32.9 Å². The predicted molar refractivity (Wildman–Crippen MR) is 73.4 cm³/mol. The van der Waals surface area contributed by atoms with E-state index in [0.717, 1.165) is 34.3 Å². The number of H-pyrrole nitrogens is 1. The molecule has 0 aliphatic rings. The lowest BCUT2D eigenvalue weighted by Gasteiger charge is -1.96. The monoisotopic (exact) mass is 216 g/mol. The highest BCUT2D eigenvalue weighted by molar-refractivity contribution is 5.92. The zero-order valence-corrected chi connectivity index (χ0v) is 10.3. The summed E-state index contributed by atoms with van der Waals surface area (Å²) in [6, 6.07) is 8.01. The van der Waals surface area contributed by atoms with Crippen LogP contribution in [0.4, 0.5) is 5.69 Å². The van der Waals surface area contributed by atoms with E-state index in [9.17, 15) is 0 Å². The Bertz CT molecular complexity index is 480. The highest BCUT2D eigenvalue weighted by Crippen LogP contribution is 2.25. The first-order chi connectivity index (χ1) is 7.72. The van der Waals surface area contributed by atoms with Gasteiger partial charge in [-0.3, -0.25) is 0 Å². The number of allylic oxidation sites excluding steroid dienone is 1. The lowest BCUT2D eigenvalue weighted by Crippen LogP contribution is -1.85. The molecule has 1 aromatic carbocycles. The van der Waals surface area contributed by atoms with Gasteiger partial charge < -0.3 is 10.7 Å². The third kappa shape index (κ3) is 2.27. The van der Waals surface area contributed by atoms with Crippen molar-refractivity contribution in [2.75, 3.05) is 5.73 Å². The molecule has 0 saturated carbocycles. The lowest BCUT2D eigenvalue weighted by molar-refractivity contribution is 1.22. The van der Waals surface area contributed by atoms with Crippen molar-refractivity contribution in [3.63, 3.8) is 0 Å². The van der Waals surface area contributed by atoms with E-state index < -0.39 is 0 Å². The van der Waals surface area contributed by atoms with Crippen LogP contribution in [0, 0.1) is 0 Å². The number of nitrogens with one attached hydrogen (secondary N) is 1. The number of anilines is 1. The molecule has 0 unspecified atom stereocenters. The van der Waals surface area contributed by atoms with Crippen LogP contribution in [0.5, 0.6) is 0 Å². The van der Waals surface area contributed by atoms with Gasteiger partial charge in [-0.2, -0.15) is 0 Å². The summed E-state index contributed by atoms with van der Waals surface area (Å²) in [6.07, 6.45) is 0.951. The third-order valence-electron chi connectivity index (χ3n) is 2.50. The molecule has 0 atom stereocenters.